The summed E-state index contributed by atoms with van der Waals surface area (Å²) in [4.78, 5) is 22.3. The number of benzene rings is 1. The van der Waals surface area contributed by atoms with Gasteiger partial charge in [0.2, 0.25) is 0 Å². The van der Waals surface area contributed by atoms with E-state index in [-0.39, 0.29) is 11.3 Å². The van der Waals surface area contributed by atoms with Gasteiger partial charge in [-0.05, 0) is 18.4 Å². The molecule has 0 aliphatic carbocycles. The van der Waals surface area contributed by atoms with E-state index in [1.54, 1.807) is 6.26 Å². The minimum atomic E-state index is -3.21. The third kappa shape index (κ3) is 4.14. The molecule has 20 heavy (non-hydrogen) atoms. The molecule has 0 unspecified atom stereocenters. The zero-order valence-corrected chi connectivity index (χ0v) is 11.4. The SMILES string of the molecule is CSc1ccc(C(=O)NCC(F)(F)CN)cc1[N+](=O)[O-]. The second-order valence-electron chi connectivity index (χ2n) is 3.89. The Morgan fingerprint density at radius 2 is 2.20 bits per heavy atom. The Kier molecular flexibility index (Phi) is 5.40. The number of nitrogens with two attached hydrogens (primary N) is 1. The largest absolute Gasteiger partial charge is 0.346 e. The molecule has 1 amide bonds. The quantitative estimate of drug-likeness (QED) is 0.473. The molecule has 0 saturated carbocycles. The molecule has 6 nitrogen and oxygen atoms in total. The van der Waals surface area contributed by atoms with Crippen LogP contribution in [0, 0.1) is 10.1 Å². The van der Waals surface area contributed by atoms with E-state index in [0.29, 0.717) is 4.90 Å². The van der Waals surface area contributed by atoms with E-state index >= 15 is 0 Å². The summed E-state index contributed by atoms with van der Waals surface area (Å²) in [6.45, 7) is -1.81. The van der Waals surface area contributed by atoms with Gasteiger partial charge in [0.05, 0.1) is 22.9 Å². The first kappa shape index (κ1) is 16.3. The Balaban J connectivity index is 2.89. The van der Waals surface area contributed by atoms with Gasteiger partial charge in [0.15, 0.2) is 0 Å². The fraction of sp³-hybridized carbons (Fsp3) is 0.364. The topological polar surface area (TPSA) is 98.3 Å². The van der Waals surface area contributed by atoms with Crippen molar-refractivity contribution in [1.82, 2.24) is 5.32 Å². The van der Waals surface area contributed by atoms with E-state index in [4.69, 9.17) is 5.73 Å². The molecule has 0 heterocycles. The van der Waals surface area contributed by atoms with Crippen LogP contribution in [-0.4, -0.2) is 36.1 Å². The molecule has 0 spiro atoms. The van der Waals surface area contributed by atoms with Crippen LogP contribution in [0.25, 0.3) is 0 Å². The van der Waals surface area contributed by atoms with Crippen LogP contribution in [0.2, 0.25) is 0 Å². The predicted molar refractivity (Wildman–Crippen MR) is 71.2 cm³/mol. The number of hydrogen-bond donors (Lipinski definition) is 2. The van der Waals surface area contributed by atoms with Crippen LogP contribution in [0.3, 0.4) is 0 Å². The number of carbonyl (C=O) groups is 1. The van der Waals surface area contributed by atoms with E-state index in [1.807, 2.05) is 5.32 Å². The lowest BCUT2D eigenvalue weighted by Crippen LogP contribution is -2.41. The molecule has 0 atom stereocenters. The van der Waals surface area contributed by atoms with Gasteiger partial charge >= 0.3 is 0 Å². The maximum atomic E-state index is 12.9. The molecule has 0 saturated heterocycles. The summed E-state index contributed by atoms with van der Waals surface area (Å²) in [5, 5.41) is 12.8. The van der Waals surface area contributed by atoms with Crippen molar-refractivity contribution in [3.05, 3.63) is 33.9 Å². The van der Waals surface area contributed by atoms with Gasteiger partial charge in [-0.25, -0.2) is 8.78 Å². The molecule has 0 aliphatic heterocycles. The molecule has 3 N–H and O–H groups in total. The Hall–Kier alpha value is -1.74. The summed E-state index contributed by atoms with van der Waals surface area (Å²) in [6.07, 6.45) is 1.66. The number of rotatable bonds is 6. The van der Waals surface area contributed by atoms with Crippen LogP contribution >= 0.6 is 11.8 Å². The summed E-state index contributed by atoms with van der Waals surface area (Å²) < 4.78 is 25.8. The van der Waals surface area contributed by atoms with Crippen LogP contribution < -0.4 is 11.1 Å². The van der Waals surface area contributed by atoms with E-state index in [1.165, 1.54) is 12.1 Å². The third-order valence-electron chi connectivity index (χ3n) is 2.44. The monoisotopic (exact) mass is 305 g/mol. The minimum absolute atomic E-state index is 0.0534. The summed E-state index contributed by atoms with van der Waals surface area (Å²) in [6, 6.07) is 3.80. The van der Waals surface area contributed by atoms with Gasteiger partial charge in [-0.3, -0.25) is 14.9 Å². The Morgan fingerprint density at radius 1 is 1.55 bits per heavy atom. The maximum Gasteiger partial charge on any atom is 0.283 e. The lowest BCUT2D eigenvalue weighted by molar-refractivity contribution is -0.387. The van der Waals surface area contributed by atoms with E-state index < -0.39 is 29.8 Å². The Labute approximate surface area is 117 Å². The van der Waals surface area contributed by atoms with Crippen LogP contribution in [0.15, 0.2) is 23.1 Å². The standard InChI is InChI=1S/C11H13F2N3O3S/c1-20-9-3-2-7(4-8(9)16(18)19)10(17)15-6-11(12,13)5-14/h2-4H,5-6,14H2,1H3,(H,15,17). The highest BCUT2D eigenvalue weighted by molar-refractivity contribution is 7.98. The molecule has 1 aromatic carbocycles. The molecule has 0 radical (unpaired) electrons. The predicted octanol–water partition coefficient (Wildman–Crippen LogP) is 1.64. The first-order chi connectivity index (χ1) is 9.30. The number of amides is 1. The van der Waals surface area contributed by atoms with Crippen molar-refractivity contribution in [2.75, 3.05) is 19.3 Å². The van der Waals surface area contributed by atoms with Crippen LogP contribution in [-0.2, 0) is 0 Å². The van der Waals surface area contributed by atoms with E-state index in [0.717, 1.165) is 17.8 Å². The average Bonchev–Trinajstić information content (AvgIpc) is 2.44. The summed E-state index contributed by atoms with van der Waals surface area (Å²) in [7, 11) is 0. The lowest BCUT2D eigenvalue weighted by Gasteiger charge is -2.14. The molecule has 0 aliphatic rings. The van der Waals surface area contributed by atoms with Crippen molar-refractivity contribution in [3.63, 3.8) is 0 Å². The zero-order valence-electron chi connectivity index (χ0n) is 10.6. The van der Waals surface area contributed by atoms with Crippen molar-refractivity contribution in [2.24, 2.45) is 5.73 Å². The fourth-order valence-corrected chi connectivity index (χ4v) is 1.90. The molecule has 1 aromatic rings. The molecular formula is C11H13F2N3O3S. The summed E-state index contributed by atoms with van der Waals surface area (Å²) in [5.41, 5.74) is 4.55. The molecule has 9 heteroatoms. The number of nitro benzene ring substituents is 1. The van der Waals surface area contributed by atoms with Crippen LogP contribution in [0.1, 0.15) is 10.4 Å². The van der Waals surface area contributed by atoms with Crippen molar-refractivity contribution < 1.29 is 18.5 Å². The second kappa shape index (κ2) is 6.62. The maximum absolute atomic E-state index is 12.9. The van der Waals surface area contributed by atoms with Crippen molar-refractivity contribution in [1.29, 1.82) is 0 Å². The Bertz CT molecular complexity index is 526. The number of nitro groups is 1. The number of alkyl halides is 2. The smallest absolute Gasteiger partial charge is 0.283 e. The van der Waals surface area contributed by atoms with Gasteiger partial charge in [0.1, 0.15) is 0 Å². The number of carbonyl (C=O) groups excluding carboxylic acids is 1. The molecular weight excluding hydrogens is 292 g/mol. The first-order valence-corrected chi connectivity index (χ1v) is 6.71. The first-order valence-electron chi connectivity index (χ1n) is 5.49. The van der Waals surface area contributed by atoms with Gasteiger partial charge in [-0.2, -0.15) is 0 Å². The minimum Gasteiger partial charge on any atom is -0.346 e. The molecule has 0 fully saturated rings. The Morgan fingerprint density at radius 3 is 2.70 bits per heavy atom. The van der Waals surface area contributed by atoms with E-state index in [9.17, 15) is 23.7 Å². The van der Waals surface area contributed by atoms with Crippen LogP contribution in [0.4, 0.5) is 14.5 Å². The van der Waals surface area contributed by atoms with Crippen molar-refractivity contribution >= 4 is 23.4 Å². The average molecular weight is 305 g/mol. The van der Waals surface area contributed by atoms with Crippen LogP contribution in [0.5, 0.6) is 0 Å². The summed E-state index contributed by atoms with van der Waals surface area (Å²) in [5.74, 6) is -4.02. The normalized spacial score (nSPS) is 11.2. The highest BCUT2D eigenvalue weighted by Crippen LogP contribution is 2.28. The molecule has 0 bridgehead atoms. The van der Waals surface area contributed by atoms with Gasteiger partial charge < -0.3 is 11.1 Å². The van der Waals surface area contributed by atoms with Gasteiger partial charge in [0, 0.05) is 11.6 Å². The highest BCUT2D eigenvalue weighted by atomic mass is 32.2. The van der Waals surface area contributed by atoms with Gasteiger partial charge in [0.25, 0.3) is 17.5 Å². The number of halogens is 2. The van der Waals surface area contributed by atoms with Gasteiger partial charge in [-0.1, -0.05) is 0 Å². The third-order valence-corrected chi connectivity index (χ3v) is 3.23. The second-order valence-corrected chi connectivity index (χ2v) is 4.73. The highest BCUT2D eigenvalue weighted by Gasteiger charge is 2.27. The molecule has 110 valence electrons. The fourth-order valence-electron chi connectivity index (χ4n) is 1.36. The van der Waals surface area contributed by atoms with Gasteiger partial charge in [-0.15, -0.1) is 11.8 Å². The van der Waals surface area contributed by atoms with Crippen molar-refractivity contribution in [3.8, 4) is 0 Å². The zero-order chi connectivity index (χ0) is 15.3. The number of thioether (sulfide) groups is 1. The number of nitrogens with one attached hydrogen (secondary N) is 1. The molecule has 1 rings (SSSR count). The molecule has 0 aromatic heterocycles. The van der Waals surface area contributed by atoms with Crippen molar-refractivity contribution in [2.45, 2.75) is 10.8 Å². The lowest BCUT2D eigenvalue weighted by atomic mass is 10.2. The van der Waals surface area contributed by atoms with E-state index in [2.05, 4.69) is 0 Å². The number of nitrogens with zero attached hydrogens (tertiary/aromatic N) is 1. The summed E-state index contributed by atoms with van der Waals surface area (Å²) >= 11 is 1.16. The number of hydrogen-bond acceptors (Lipinski definition) is 5.